The van der Waals surface area contributed by atoms with E-state index < -0.39 is 0 Å². The van der Waals surface area contributed by atoms with E-state index in [1.165, 1.54) is 49.4 Å². The van der Waals surface area contributed by atoms with Gasteiger partial charge in [-0.2, -0.15) is 0 Å². The summed E-state index contributed by atoms with van der Waals surface area (Å²) in [5.41, 5.74) is 2.23. The number of amides is 1. The van der Waals surface area contributed by atoms with Gasteiger partial charge in [0.25, 0.3) is 0 Å². The summed E-state index contributed by atoms with van der Waals surface area (Å²) in [6, 6.07) is 8.84. The third-order valence-corrected chi connectivity index (χ3v) is 7.97. The van der Waals surface area contributed by atoms with Crippen LogP contribution in [0.3, 0.4) is 0 Å². The van der Waals surface area contributed by atoms with Gasteiger partial charge in [-0.1, -0.05) is 36.7 Å². The molecule has 2 saturated heterocycles. The number of benzene rings is 1. The second kappa shape index (κ2) is 9.83. The third-order valence-electron chi connectivity index (χ3n) is 7.06. The van der Waals surface area contributed by atoms with Crippen molar-refractivity contribution in [1.82, 2.24) is 19.7 Å². The molecule has 0 N–H and O–H groups in total. The quantitative estimate of drug-likeness (QED) is 0.641. The van der Waals surface area contributed by atoms with Crippen molar-refractivity contribution in [2.45, 2.75) is 56.6 Å². The standard InChI is InChI=1S/C24H33N5O2S/c1-18-6-4-9-20(16-18)29-23(27-12-14-31-15-13-27)25-26-24(29)32-17-22(30)28-11-5-8-19-7-2-3-10-21(19)28/h4,6,9,16,19,21H,2-3,5,7-8,10-15,17H2,1H3/t19-,21+/m1/s1. The van der Waals surface area contributed by atoms with Crippen LogP contribution in [0.2, 0.25) is 0 Å². The largest absolute Gasteiger partial charge is 0.378 e. The second-order valence-corrected chi connectivity index (χ2v) is 10.1. The molecule has 0 radical (unpaired) electrons. The van der Waals surface area contributed by atoms with E-state index in [1.54, 1.807) is 0 Å². The van der Waals surface area contributed by atoms with Crippen molar-refractivity contribution in [3.05, 3.63) is 29.8 Å². The minimum Gasteiger partial charge on any atom is -0.378 e. The molecule has 1 saturated carbocycles. The summed E-state index contributed by atoms with van der Waals surface area (Å²) in [5, 5.41) is 9.84. The van der Waals surface area contributed by atoms with E-state index in [4.69, 9.17) is 4.74 Å². The van der Waals surface area contributed by atoms with Crippen LogP contribution in [0.25, 0.3) is 5.69 Å². The second-order valence-electron chi connectivity index (χ2n) is 9.19. The van der Waals surface area contributed by atoms with E-state index in [2.05, 4.69) is 55.8 Å². The van der Waals surface area contributed by atoms with Gasteiger partial charge >= 0.3 is 0 Å². The Kier molecular flexibility index (Phi) is 6.69. The first-order valence-corrected chi connectivity index (χ1v) is 13.0. The van der Waals surface area contributed by atoms with Gasteiger partial charge in [-0.15, -0.1) is 10.2 Å². The molecule has 2 atom stereocenters. The highest BCUT2D eigenvalue weighted by Gasteiger charge is 2.35. The lowest BCUT2D eigenvalue weighted by atomic mass is 9.78. The van der Waals surface area contributed by atoms with Gasteiger partial charge < -0.3 is 14.5 Å². The lowest BCUT2D eigenvalue weighted by molar-refractivity contribution is -0.134. The molecule has 7 nitrogen and oxygen atoms in total. The summed E-state index contributed by atoms with van der Waals surface area (Å²) in [4.78, 5) is 17.7. The predicted molar refractivity (Wildman–Crippen MR) is 127 cm³/mol. The summed E-state index contributed by atoms with van der Waals surface area (Å²) in [5.74, 6) is 2.20. The van der Waals surface area contributed by atoms with Crippen LogP contribution in [-0.2, 0) is 9.53 Å². The molecule has 0 unspecified atom stereocenters. The molecule has 32 heavy (non-hydrogen) atoms. The van der Waals surface area contributed by atoms with E-state index >= 15 is 0 Å². The zero-order valence-electron chi connectivity index (χ0n) is 18.9. The SMILES string of the molecule is Cc1cccc(-n2c(SCC(=O)N3CCC[C@H]4CCCC[C@@H]43)nnc2N2CCOCC2)c1. The average molecular weight is 456 g/mol. The summed E-state index contributed by atoms with van der Waals surface area (Å²) in [7, 11) is 0. The van der Waals surface area contributed by atoms with Crippen molar-refractivity contribution < 1.29 is 9.53 Å². The van der Waals surface area contributed by atoms with Gasteiger partial charge in [0, 0.05) is 25.7 Å². The van der Waals surface area contributed by atoms with Crippen molar-refractivity contribution in [1.29, 1.82) is 0 Å². The van der Waals surface area contributed by atoms with Gasteiger partial charge in [-0.05, 0) is 56.2 Å². The number of hydrogen-bond acceptors (Lipinski definition) is 6. The topological polar surface area (TPSA) is 63.5 Å². The molecular formula is C24H33N5O2S. The minimum absolute atomic E-state index is 0.248. The Morgan fingerprint density at radius 3 is 2.75 bits per heavy atom. The monoisotopic (exact) mass is 455 g/mol. The molecule has 3 fully saturated rings. The predicted octanol–water partition coefficient (Wildman–Crippen LogP) is 3.69. The highest BCUT2D eigenvalue weighted by Crippen LogP contribution is 2.36. The van der Waals surface area contributed by atoms with Crippen LogP contribution in [0.5, 0.6) is 0 Å². The molecule has 1 amide bonds. The fourth-order valence-electron chi connectivity index (χ4n) is 5.46. The molecule has 172 valence electrons. The lowest BCUT2D eigenvalue weighted by Crippen LogP contribution is -2.50. The molecule has 2 aliphatic heterocycles. The molecule has 2 aromatic rings. The number of thioether (sulfide) groups is 1. The molecule has 1 aliphatic carbocycles. The zero-order chi connectivity index (χ0) is 21.9. The number of hydrogen-bond donors (Lipinski definition) is 0. The number of anilines is 1. The van der Waals surface area contributed by atoms with Gasteiger partial charge in [0.1, 0.15) is 0 Å². The van der Waals surface area contributed by atoms with E-state index in [0.717, 1.165) is 42.8 Å². The number of likely N-dealkylation sites (tertiary alicyclic amines) is 1. The Morgan fingerprint density at radius 1 is 1.09 bits per heavy atom. The minimum atomic E-state index is 0.248. The van der Waals surface area contributed by atoms with Crippen molar-refractivity contribution >= 4 is 23.6 Å². The third kappa shape index (κ3) is 4.53. The normalized spacial score (nSPS) is 23.8. The van der Waals surface area contributed by atoms with E-state index in [-0.39, 0.29) is 5.91 Å². The summed E-state index contributed by atoms with van der Waals surface area (Å²) >= 11 is 1.51. The molecule has 8 heteroatoms. The number of carbonyl (C=O) groups is 1. The molecule has 0 spiro atoms. The Bertz CT molecular complexity index is 940. The van der Waals surface area contributed by atoms with Crippen LogP contribution in [0.4, 0.5) is 5.95 Å². The number of nitrogens with zero attached hydrogens (tertiary/aromatic N) is 5. The maximum absolute atomic E-state index is 13.3. The summed E-state index contributed by atoms with van der Waals surface area (Å²) < 4.78 is 7.63. The van der Waals surface area contributed by atoms with E-state index in [0.29, 0.717) is 30.9 Å². The van der Waals surface area contributed by atoms with E-state index in [9.17, 15) is 4.79 Å². The number of carbonyl (C=O) groups excluding carboxylic acids is 1. The van der Waals surface area contributed by atoms with Gasteiger partial charge in [-0.3, -0.25) is 9.36 Å². The van der Waals surface area contributed by atoms with Gasteiger partial charge in [-0.25, -0.2) is 0 Å². The fraction of sp³-hybridized carbons (Fsp3) is 0.625. The first-order chi connectivity index (χ1) is 15.7. The van der Waals surface area contributed by atoms with Crippen LogP contribution in [0, 0.1) is 12.8 Å². The Labute approximate surface area is 194 Å². The van der Waals surface area contributed by atoms with Crippen LogP contribution in [0.15, 0.2) is 29.4 Å². The maximum Gasteiger partial charge on any atom is 0.233 e. The van der Waals surface area contributed by atoms with Gasteiger partial charge in [0.2, 0.25) is 11.9 Å². The van der Waals surface area contributed by atoms with Gasteiger partial charge in [0.05, 0.1) is 24.7 Å². The molecular weight excluding hydrogens is 422 g/mol. The van der Waals surface area contributed by atoms with Crippen LogP contribution >= 0.6 is 11.8 Å². The Morgan fingerprint density at radius 2 is 1.91 bits per heavy atom. The Balaban J connectivity index is 1.36. The molecule has 3 aliphatic rings. The number of rotatable bonds is 5. The molecule has 1 aromatic heterocycles. The molecule has 5 rings (SSSR count). The van der Waals surface area contributed by atoms with Crippen molar-refractivity contribution in [3.63, 3.8) is 0 Å². The average Bonchev–Trinajstić information content (AvgIpc) is 3.27. The van der Waals surface area contributed by atoms with E-state index in [1.807, 2.05) is 0 Å². The first kappa shape index (κ1) is 21.8. The number of fused-ring (bicyclic) bond motifs is 1. The first-order valence-electron chi connectivity index (χ1n) is 12.0. The lowest BCUT2D eigenvalue weighted by Gasteiger charge is -2.44. The molecule has 1 aromatic carbocycles. The Hall–Kier alpha value is -2.06. The zero-order valence-corrected chi connectivity index (χ0v) is 19.7. The molecule has 0 bridgehead atoms. The van der Waals surface area contributed by atoms with Crippen LogP contribution in [-0.4, -0.2) is 70.2 Å². The number of morpholine rings is 1. The van der Waals surface area contributed by atoms with Crippen molar-refractivity contribution in [3.8, 4) is 5.69 Å². The smallest absolute Gasteiger partial charge is 0.233 e. The van der Waals surface area contributed by atoms with Gasteiger partial charge in [0.15, 0.2) is 5.16 Å². The fourth-order valence-corrected chi connectivity index (χ4v) is 6.29. The maximum atomic E-state index is 13.3. The summed E-state index contributed by atoms with van der Waals surface area (Å²) in [6.07, 6.45) is 7.45. The number of aromatic nitrogens is 3. The van der Waals surface area contributed by atoms with Crippen LogP contribution in [0.1, 0.15) is 44.1 Å². The van der Waals surface area contributed by atoms with Crippen LogP contribution < -0.4 is 4.90 Å². The number of piperidine rings is 1. The number of ether oxygens (including phenoxy) is 1. The number of aryl methyl sites for hydroxylation is 1. The summed E-state index contributed by atoms with van der Waals surface area (Å²) in [6.45, 7) is 5.98. The van der Waals surface area contributed by atoms with Crippen molar-refractivity contribution in [2.75, 3.05) is 43.5 Å². The molecule has 3 heterocycles. The highest BCUT2D eigenvalue weighted by atomic mass is 32.2. The highest BCUT2D eigenvalue weighted by molar-refractivity contribution is 7.99. The van der Waals surface area contributed by atoms with Crippen molar-refractivity contribution in [2.24, 2.45) is 5.92 Å².